The normalized spacial score (nSPS) is 13.6. The van der Waals surface area contributed by atoms with Crippen molar-refractivity contribution in [2.24, 2.45) is 0 Å². The lowest BCUT2D eigenvalue weighted by Gasteiger charge is -2.24. The molecule has 0 radical (unpaired) electrons. The molecule has 0 aromatic heterocycles. The number of aliphatic hydroxyl groups excluding tert-OH is 2. The standard InChI is InChI=1S/C53H97NO5/c1-4-7-10-13-16-19-22-24-25-26-27-29-30-32-35-38-41-44-49(59-53(58)46-43-40-37-34-31-28-23-20-17-14-11-8-5-2)47-52(57)54-50(48-55)51(56)45-42-39-36-33-21-18-15-12-9-6-3/h16,19,24-25,27,29,32,35,49-51,55-56H,4-15,17-18,20-23,26,28,30-31,33-34,36-48H2,1-3H3,(H,54,57)/b19-16-,25-24-,29-27-,35-32-. The Bertz CT molecular complexity index is 1020. The summed E-state index contributed by atoms with van der Waals surface area (Å²) >= 11 is 0. The van der Waals surface area contributed by atoms with Crippen LogP contribution in [0.15, 0.2) is 48.6 Å². The van der Waals surface area contributed by atoms with Gasteiger partial charge in [-0.15, -0.1) is 0 Å². The topological polar surface area (TPSA) is 95.9 Å². The maximum absolute atomic E-state index is 13.2. The van der Waals surface area contributed by atoms with Crippen molar-refractivity contribution in [2.75, 3.05) is 6.61 Å². The van der Waals surface area contributed by atoms with Gasteiger partial charge in [0.05, 0.1) is 25.2 Å². The van der Waals surface area contributed by atoms with Crippen LogP contribution in [-0.2, 0) is 14.3 Å². The van der Waals surface area contributed by atoms with Crippen LogP contribution in [0.4, 0.5) is 0 Å². The molecule has 0 aromatic carbocycles. The van der Waals surface area contributed by atoms with Crippen LogP contribution in [0.2, 0.25) is 0 Å². The first-order valence-corrected chi connectivity index (χ1v) is 25.4. The maximum atomic E-state index is 13.2. The Morgan fingerprint density at radius 3 is 1.34 bits per heavy atom. The van der Waals surface area contributed by atoms with Gasteiger partial charge in [0.1, 0.15) is 6.10 Å². The first kappa shape index (κ1) is 56.8. The summed E-state index contributed by atoms with van der Waals surface area (Å²) in [5.74, 6) is -0.522. The smallest absolute Gasteiger partial charge is 0.306 e. The maximum Gasteiger partial charge on any atom is 0.306 e. The van der Waals surface area contributed by atoms with Gasteiger partial charge in [-0.05, 0) is 64.2 Å². The molecule has 0 rings (SSSR count). The van der Waals surface area contributed by atoms with Crippen LogP contribution in [0.3, 0.4) is 0 Å². The second-order valence-electron chi connectivity index (χ2n) is 17.2. The Morgan fingerprint density at radius 1 is 0.492 bits per heavy atom. The van der Waals surface area contributed by atoms with Crippen molar-refractivity contribution in [1.82, 2.24) is 5.32 Å². The van der Waals surface area contributed by atoms with E-state index in [-0.39, 0.29) is 24.9 Å². The van der Waals surface area contributed by atoms with Crippen LogP contribution in [0.1, 0.15) is 252 Å². The number of carbonyl (C=O) groups is 2. The number of hydrogen-bond acceptors (Lipinski definition) is 5. The summed E-state index contributed by atoms with van der Waals surface area (Å²) in [6, 6.07) is -0.716. The highest BCUT2D eigenvalue weighted by atomic mass is 16.5. The molecular formula is C53H97NO5. The van der Waals surface area contributed by atoms with Crippen LogP contribution >= 0.6 is 0 Å². The largest absolute Gasteiger partial charge is 0.462 e. The molecule has 0 spiro atoms. The van der Waals surface area contributed by atoms with Crippen molar-refractivity contribution < 1.29 is 24.5 Å². The van der Waals surface area contributed by atoms with Crippen LogP contribution in [0, 0.1) is 0 Å². The van der Waals surface area contributed by atoms with Crippen molar-refractivity contribution in [3.8, 4) is 0 Å². The molecule has 0 aliphatic carbocycles. The molecular weight excluding hydrogens is 731 g/mol. The average Bonchev–Trinajstić information content (AvgIpc) is 3.23. The van der Waals surface area contributed by atoms with Crippen molar-refractivity contribution in [1.29, 1.82) is 0 Å². The summed E-state index contributed by atoms with van der Waals surface area (Å²) in [6.45, 7) is 6.43. The Kier molecular flexibility index (Phi) is 45.1. The highest BCUT2D eigenvalue weighted by Crippen LogP contribution is 2.17. The van der Waals surface area contributed by atoms with E-state index in [1.165, 1.54) is 135 Å². The molecule has 0 bridgehead atoms. The van der Waals surface area contributed by atoms with Gasteiger partial charge < -0.3 is 20.3 Å². The number of aliphatic hydroxyl groups is 2. The third-order valence-corrected chi connectivity index (χ3v) is 11.4. The van der Waals surface area contributed by atoms with E-state index in [4.69, 9.17) is 4.74 Å². The zero-order valence-corrected chi connectivity index (χ0v) is 39.1. The summed E-state index contributed by atoms with van der Waals surface area (Å²) in [4.78, 5) is 26.1. The van der Waals surface area contributed by atoms with E-state index in [1.54, 1.807) is 0 Å². The van der Waals surface area contributed by atoms with Gasteiger partial charge >= 0.3 is 5.97 Å². The van der Waals surface area contributed by atoms with Gasteiger partial charge in [-0.2, -0.15) is 0 Å². The predicted octanol–water partition coefficient (Wildman–Crippen LogP) is 15.1. The summed E-state index contributed by atoms with van der Waals surface area (Å²) in [6.07, 6.45) is 56.0. The molecule has 6 heteroatoms. The molecule has 3 atom stereocenters. The molecule has 6 nitrogen and oxygen atoms in total. The quantitative estimate of drug-likeness (QED) is 0.0323. The van der Waals surface area contributed by atoms with E-state index in [1.807, 2.05) is 0 Å². The minimum atomic E-state index is -0.799. The fourth-order valence-electron chi connectivity index (χ4n) is 7.54. The zero-order valence-electron chi connectivity index (χ0n) is 39.1. The van der Waals surface area contributed by atoms with E-state index < -0.39 is 18.2 Å². The van der Waals surface area contributed by atoms with Crippen LogP contribution < -0.4 is 5.32 Å². The van der Waals surface area contributed by atoms with Gasteiger partial charge in [0.15, 0.2) is 0 Å². The van der Waals surface area contributed by atoms with E-state index in [2.05, 4.69) is 74.7 Å². The number of rotatable bonds is 45. The highest BCUT2D eigenvalue weighted by molar-refractivity contribution is 5.77. The molecule has 0 saturated heterocycles. The van der Waals surface area contributed by atoms with Gasteiger partial charge in [-0.3, -0.25) is 9.59 Å². The van der Waals surface area contributed by atoms with Crippen LogP contribution in [0.25, 0.3) is 0 Å². The van der Waals surface area contributed by atoms with Crippen LogP contribution in [-0.4, -0.2) is 46.9 Å². The summed E-state index contributed by atoms with van der Waals surface area (Å²) in [7, 11) is 0. The molecule has 0 saturated carbocycles. The van der Waals surface area contributed by atoms with E-state index in [0.717, 1.165) is 70.6 Å². The monoisotopic (exact) mass is 828 g/mol. The number of esters is 1. The van der Waals surface area contributed by atoms with Crippen LogP contribution in [0.5, 0.6) is 0 Å². The van der Waals surface area contributed by atoms with Crippen molar-refractivity contribution in [3.63, 3.8) is 0 Å². The zero-order chi connectivity index (χ0) is 43.1. The van der Waals surface area contributed by atoms with Gasteiger partial charge in [-0.1, -0.05) is 223 Å². The molecule has 0 aliphatic heterocycles. The third kappa shape index (κ3) is 42.3. The van der Waals surface area contributed by atoms with Crippen molar-refractivity contribution in [3.05, 3.63) is 48.6 Å². The number of unbranched alkanes of at least 4 members (excludes halogenated alkanes) is 25. The first-order chi connectivity index (χ1) is 29.0. The average molecular weight is 828 g/mol. The molecule has 0 heterocycles. The number of nitrogens with one attached hydrogen (secondary N) is 1. The number of ether oxygens (including phenoxy) is 1. The summed E-state index contributed by atoms with van der Waals surface area (Å²) in [5.41, 5.74) is 0. The molecule has 344 valence electrons. The molecule has 0 aliphatic rings. The fraction of sp³-hybridized carbons (Fsp3) is 0.811. The van der Waals surface area contributed by atoms with Crippen molar-refractivity contribution >= 4 is 11.9 Å². The van der Waals surface area contributed by atoms with Crippen molar-refractivity contribution in [2.45, 2.75) is 270 Å². The minimum Gasteiger partial charge on any atom is -0.462 e. The van der Waals surface area contributed by atoms with Gasteiger partial charge in [-0.25, -0.2) is 0 Å². The van der Waals surface area contributed by atoms with Gasteiger partial charge in [0, 0.05) is 6.42 Å². The fourth-order valence-corrected chi connectivity index (χ4v) is 7.54. The lowest BCUT2D eigenvalue weighted by molar-refractivity contribution is -0.151. The van der Waals surface area contributed by atoms with Gasteiger partial charge in [0.25, 0.3) is 0 Å². The SMILES string of the molecule is CCCCC/C=C\C/C=C\C/C=C\C/C=C\CCCC(CC(=O)NC(CO)C(O)CCCCCCCCCCCC)OC(=O)CCCCCCCCCCCCCCC. The minimum absolute atomic E-state index is 0.0421. The van der Waals surface area contributed by atoms with E-state index in [9.17, 15) is 19.8 Å². The Labute approximate surface area is 366 Å². The van der Waals surface area contributed by atoms with E-state index >= 15 is 0 Å². The second kappa shape index (κ2) is 46.9. The van der Waals surface area contributed by atoms with E-state index in [0.29, 0.717) is 19.3 Å². The molecule has 1 amide bonds. The van der Waals surface area contributed by atoms with Gasteiger partial charge in [0.2, 0.25) is 5.91 Å². The molecule has 0 fully saturated rings. The summed E-state index contributed by atoms with van der Waals surface area (Å²) in [5, 5.41) is 23.7. The number of hydrogen-bond donors (Lipinski definition) is 3. The number of amides is 1. The Hall–Kier alpha value is -2.18. The predicted molar refractivity (Wildman–Crippen MR) is 255 cm³/mol. The molecule has 3 unspecified atom stereocenters. The first-order valence-electron chi connectivity index (χ1n) is 25.4. The highest BCUT2D eigenvalue weighted by Gasteiger charge is 2.24. The molecule has 59 heavy (non-hydrogen) atoms. The molecule has 3 N–H and O–H groups in total. The lowest BCUT2D eigenvalue weighted by Crippen LogP contribution is -2.46. The number of carbonyl (C=O) groups excluding carboxylic acids is 2. The summed E-state index contributed by atoms with van der Waals surface area (Å²) < 4.78 is 5.90. The Morgan fingerprint density at radius 2 is 0.881 bits per heavy atom. The third-order valence-electron chi connectivity index (χ3n) is 11.4. The Balaban J connectivity index is 4.69. The number of allylic oxidation sites excluding steroid dienone is 8. The second-order valence-corrected chi connectivity index (χ2v) is 17.2. The molecule has 0 aromatic rings. The lowest BCUT2D eigenvalue weighted by atomic mass is 10.0.